The zero-order valence-corrected chi connectivity index (χ0v) is 18.2. The van der Waals surface area contributed by atoms with Crippen LogP contribution in [0.25, 0.3) is 0 Å². The molecule has 7 heteroatoms. The second kappa shape index (κ2) is 13.3. The van der Waals surface area contributed by atoms with Gasteiger partial charge in [0.1, 0.15) is 5.82 Å². The lowest BCUT2D eigenvalue weighted by atomic mass is 10.2. The second-order valence-electron chi connectivity index (χ2n) is 6.66. The highest BCUT2D eigenvalue weighted by Gasteiger charge is 2.20. The van der Waals surface area contributed by atoms with Gasteiger partial charge in [0.05, 0.1) is 0 Å². The summed E-state index contributed by atoms with van der Waals surface area (Å²) in [5.74, 6) is 1.45. The average Bonchev–Trinajstić information content (AvgIpc) is 3.42. The monoisotopic (exact) mass is 478 g/mol. The van der Waals surface area contributed by atoms with Gasteiger partial charge >= 0.3 is 0 Å². The van der Waals surface area contributed by atoms with Crippen molar-refractivity contribution in [3.63, 3.8) is 0 Å². The van der Waals surface area contributed by atoms with Crippen LogP contribution in [0, 0.1) is 11.7 Å². The molecule has 0 radical (unpaired) electrons. The van der Waals surface area contributed by atoms with Crippen LogP contribution in [-0.2, 0) is 11.3 Å². The van der Waals surface area contributed by atoms with Gasteiger partial charge in [-0.25, -0.2) is 4.39 Å². The van der Waals surface area contributed by atoms with Crippen molar-refractivity contribution in [1.29, 1.82) is 0 Å². The third-order valence-electron chi connectivity index (χ3n) is 4.18. The Bertz CT molecular complexity index is 523. The van der Waals surface area contributed by atoms with E-state index in [4.69, 9.17) is 4.74 Å². The van der Waals surface area contributed by atoms with Crippen LogP contribution in [0.1, 0.15) is 24.8 Å². The lowest BCUT2D eigenvalue weighted by Crippen LogP contribution is -2.41. The molecule has 1 aromatic rings. The molecule has 1 aromatic carbocycles. The van der Waals surface area contributed by atoms with E-state index < -0.39 is 0 Å². The molecule has 1 saturated carbocycles. The summed E-state index contributed by atoms with van der Waals surface area (Å²) in [5, 5.41) is 6.61. The van der Waals surface area contributed by atoms with Crippen LogP contribution in [0.4, 0.5) is 4.39 Å². The van der Waals surface area contributed by atoms with Crippen molar-refractivity contribution >= 4 is 29.9 Å². The standard InChI is InChI=1S/C19H31FN4O.HI/c1-21-19(22-10-3-13-25-15-17-4-5-17)23-11-12-24(2)14-16-6-8-18(20)9-7-16;/h6-9,17H,3-5,10-15H2,1-2H3,(H2,21,22,23);1H. The highest BCUT2D eigenvalue weighted by molar-refractivity contribution is 14.0. The molecule has 2 rings (SSSR count). The molecule has 148 valence electrons. The predicted octanol–water partition coefficient (Wildman–Crippen LogP) is 2.86. The van der Waals surface area contributed by atoms with Crippen molar-refractivity contribution < 1.29 is 9.13 Å². The Balaban J connectivity index is 0.00000338. The Morgan fingerprint density at radius 2 is 1.92 bits per heavy atom. The Morgan fingerprint density at radius 1 is 1.23 bits per heavy atom. The van der Waals surface area contributed by atoms with E-state index in [9.17, 15) is 4.39 Å². The molecule has 0 aliphatic heterocycles. The van der Waals surface area contributed by atoms with Crippen molar-refractivity contribution in [2.24, 2.45) is 10.9 Å². The number of aliphatic imine (C=N–C) groups is 1. The number of halogens is 2. The van der Waals surface area contributed by atoms with Gasteiger partial charge in [0.25, 0.3) is 0 Å². The van der Waals surface area contributed by atoms with E-state index in [-0.39, 0.29) is 29.8 Å². The van der Waals surface area contributed by atoms with E-state index in [0.29, 0.717) is 0 Å². The van der Waals surface area contributed by atoms with Crippen molar-refractivity contribution in [1.82, 2.24) is 15.5 Å². The number of benzene rings is 1. The smallest absolute Gasteiger partial charge is 0.191 e. The average molecular weight is 478 g/mol. The normalized spacial score (nSPS) is 14.2. The largest absolute Gasteiger partial charge is 0.381 e. The molecule has 0 heterocycles. The van der Waals surface area contributed by atoms with Crippen molar-refractivity contribution in [2.45, 2.75) is 25.8 Å². The number of rotatable bonds is 11. The number of hydrogen-bond donors (Lipinski definition) is 2. The number of likely N-dealkylation sites (N-methyl/N-ethyl adjacent to an activating group) is 1. The van der Waals surface area contributed by atoms with Gasteiger partial charge in [-0.15, -0.1) is 24.0 Å². The topological polar surface area (TPSA) is 48.9 Å². The van der Waals surface area contributed by atoms with Gasteiger partial charge in [-0.3, -0.25) is 4.99 Å². The van der Waals surface area contributed by atoms with Gasteiger partial charge < -0.3 is 20.3 Å². The minimum absolute atomic E-state index is 0. The highest BCUT2D eigenvalue weighted by Crippen LogP contribution is 2.28. The first-order chi connectivity index (χ1) is 12.2. The Hall–Kier alpha value is -0.930. The highest BCUT2D eigenvalue weighted by atomic mass is 127. The minimum atomic E-state index is -0.194. The maximum absolute atomic E-state index is 12.9. The molecule has 26 heavy (non-hydrogen) atoms. The number of nitrogens with zero attached hydrogens (tertiary/aromatic N) is 2. The maximum atomic E-state index is 12.9. The molecule has 1 aliphatic carbocycles. The van der Waals surface area contributed by atoms with Gasteiger partial charge in [-0.2, -0.15) is 0 Å². The van der Waals surface area contributed by atoms with Crippen molar-refractivity contribution in [3.05, 3.63) is 35.6 Å². The zero-order valence-electron chi connectivity index (χ0n) is 15.8. The number of ether oxygens (including phenoxy) is 1. The molecule has 1 aliphatic rings. The summed E-state index contributed by atoms with van der Waals surface area (Å²) in [7, 11) is 3.83. The fourth-order valence-corrected chi connectivity index (χ4v) is 2.48. The molecule has 0 atom stereocenters. The molecule has 0 spiro atoms. The van der Waals surface area contributed by atoms with Crippen molar-refractivity contribution in [3.8, 4) is 0 Å². The quantitative estimate of drug-likeness (QED) is 0.222. The fraction of sp³-hybridized carbons (Fsp3) is 0.632. The first-order valence-corrected chi connectivity index (χ1v) is 9.12. The van der Waals surface area contributed by atoms with Crippen LogP contribution in [0.2, 0.25) is 0 Å². The lowest BCUT2D eigenvalue weighted by Gasteiger charge is -2.18. The van der Waals surface area contributed by atoms with Crippen LogP contribution in [0.3, 0.4) is 0 Å². The molecular formula is C19H32FIN4O. The first-order valence-electron chi connectivity index (χ1n) is 9.12. The minimum Gasteiger partial charge on any atom is -0.381 e. The van der Waals surface area contributed by atoms with E-state index in [2.05, 4.69) is 27.6 Å². The number of hydrogen-bond acceptors (Lipinski definition) is 3. The van der Waals surface area contributed by atoms with Crippen LogP contribution >= 0.6 is 24.0 Å². The summed E-state index contributed by atoms with van der Waals surface area (Å²) in [6.45, 7) is 5.06. The van der Waals surface area contributed by atoms with E-state index in [1.54, 1.807) is 7.05 Å². The maximum Gasteiger partial charge on any atom is 0.191 e. The summed E-state index contributed by atoms with van der Waals surface area (Å²) in [6, 6.07) is 6.65. The van der Waals surface area contributed by atoms with Gasteiger partial charge in [0.15, 0.2) is 5.96 Å². The summed E-state index contributed by atoms with van der Waals surface area (Å²) < 4.78 is 18.5. The van der Waals surface area contributed by atoms with Crippen LogP contribution in [0.5, 0.6) is 0 Å². The fourth-order valence-electron chi connectivity index (χ4n) is 2.48. The zero-order chi connectivity index (χ0) is 17.9. The van der Waals surface area contributed by atoms with E-state index in [0.717, 1.165) is 63.3 Å². The van der Waals surface area contributed by atoms with E-state index >= 15 is 0 Å². The van der Waals surface area contributed by atoms with E-state index in [1.807, 2.05) is 12.1 Å². The SMILES string of the molecule is CN=C(NCCCOCC1CC1)NCCN(C)Cc1ccc(F)cc1.I. The van der Waals surface area contributed by atoms with E-state index in [1.165, 1.54) is 25.0 Å². The molecular weight excluding hydrogens is 446 g/mol. The van der Waals surface area contributed by atoms with Gasteiger partial charge in [0, 0.05) is 46.4 Å². The summed E-state index contributed by atoms with van der Waals surface area (Å²) in [4.78, 5) is 6.42. The summed E-state index contributed by atoms with van der Waals surface area (Å²) in [6.07, 6.45) is 3.66. The summed E-state index contributed by atoms with van der Waals surface area (Å²) in [5.41, 5.74) is 1.11. The second-order valence-corrected chi connectivity index (χ2v) is 6.66. The lowest BCUT2D eigenvalue weighted by molar-refractivity contribution is 0.123. The molecule has 0 bridgehead atoms. The first kappa shape index (κ1) is 23.1. The van der Waals surface area contributed by atoms with Crippen LogP contribution in [-0.4, -0.2) is 57.8 Å². The van der Waals surface area contributed by atoms with Crippen molar-refractivity contribution in [2.75, 3.05) is 46.9 Å². The summed E-state index contributed by atoms with van der Waals surface area (Å²) >= 11 is 0. The van der Waals surface area contributed by atoms with Gasteiger partial charge in [-0.05, 0) is 49.9 Å². The Kier molecular flexibility index (Phi) is 11.8. The molecule has 0 unspecified atom stereocenters. The molecule has 0 saturated heterocycles. The van der Waals surface area contributed by atoms with Crippen LogP contribution < -0.4 is 10.6 Å². The predicted molar refractivity (Wildman–Crippen MR) is 116 cm³/mol. The van der Waals surface area contributed by atoms with Gasteiger partial charge in [0.2, 0.25) is 0 Å². The molecule has 1 fully saturated rings. The molecule has 5 nitrogen and oxygen atoms in total. The number of guanidine groups is 1. The number of nitrogens with one attached hydrogen (secondary N) is 2. The third-order valence-corrected chi connectivity index (χ3v) is 4.18. The molecule has 2 N–H and O–H groups in total. The molecule has 0 amide bonds. The Morgan fingerprint density at radius 3 is 2.58 bits per heavy atom. The van der Waals surface area contributed by atoms with Crippen LogP contribution in [0.15, 0.2) is 29.3 Å². The Labute approximate surface area is 173 Å². The third kappa shape index (κ3) is 10.3. The van der Waals surface area contributed by atoms with Gasteiger partial charge in [-0.1, -0.05) is 12.1 Å². The molecule has 0 aromatic heterocycles.